The Kier molecular flexibility index (Phi) is 2.21. The van der Waals surface area contributed by atoms with E-state index < -0.39 is 0 Å². The standard InChI is InChI=1S/C11H16N2O/c1-13(2)10-5-3-9(4-6-10)11(12)7-14-8-11/h3-6H,7-8,12H2,1-2H3. The fraction of sp³-hybridized carbons (Fsp3) is 0.455. The highest BCUT2D eigenvalue weighted by Crippen LogP contribution is 2.27. The average Bonchev–Trinajstić information content (AvgIpc) is 2.14. The summed E-state index contributed by atoms with van der Waals surface area (Å²) in [5.41, 5.74) is 8.22. The summed E-state index contributed by atoms with van der Waals surface area (Å²) in [7, 11) is 4.05. The van der Waals surface area contributed by atoms with Gasteiger partial charge >= 0.3 is 0 Å². The first-order valence-electron chi connectivity index (χ1n) is 4.76. The van der Waals surface area contributed by atoms with Crippen molar-refractivity contribution in [2.75, 3.05) is 32.2 Å². The van der Waals surface area contributed by atoms with Gasteiger partial charge in [0.2, 0.25) is 0 Å². The highest BCUT2D eigenvalue weighted by atomic mass is 16.5. The van der Waals surface area contributed by atoms with Crippen LogP contribution in [0.2, 0.25) is 0 Å². The highest BCUT2D eigenvalue weighted by molar-refractivity contribution is 5.47. The van der Waals surface area contributed by atoms with Crippen molar-refractivity contribution in [3.63, 3.8) is 0 Å². The Labute approximate surface area is 84.5 Å². The molecule has 0 unspecified atom stereocenters. The predicted octanol–water partition coefficient (Wildman–Crippen LogP) is 0.937. The van der Waals surface area contributed by atoms with Gasteiger partial charge in [-0.3, -0.25) is 0 Å². The van der Waals surface area contributed by atoms with Gasteiger partial charge in [-0.15, -0.1) is 0 Å². The van der Waals surface area contributed by atoms with Crippen molar-refractivity contribution >= 4 is 5.69 Å². The van der Waals surface area contributed by atoms with E-state index in [-0.39, 0.29) is 5.54 Å². The molecule has 0 saturated carbocycles. The normalized spacial score (nSPS) is 18.8. The summed E-state index contributed by atoms with van der Waals surface area (Å²) in [6, 6.07) is 8.33. The van der Waals surface area contributed by atoms with Gasteiger partial charge in [0, 0.05) is 19.8 Å². The van der Waals surface area contributed by atoms with Crippen molar-refractivity contribution < 1.29 is 4.74 Å². The molecule has 1 aromatic carbocycles. The van der Waals surface area contributed by atoms with Gasteiger partial charge in [0.1, 0.15) is 0 Å². The van der Waals surface area contributed by atoms with E-state index in [0.717, 1.165) is 5.56 Å². The Morgan fingerprint density at radius 2 is 1.79 bits per heavy atom. The van der Waals surface area contributed by atoms with Gasteiger partial charge < -0.3 is 15.4 Å². The molecule has 1 aliphatic heterocycles. The topological polar surface area (TPSA) is 38.5 Å². The molecule has 0 spiro atoms. The van der Waals surface area contributed by atoms with Gasteiger partial charge in [-0.05, 0) is 17.7 Å². The van der Waals surface area contributed by atoms with E-state index in [0.29, 0.717) is 13.2 Å². The minimum atomic E-state index is -0.245. The fourth-order valence-electron chi connectivity index (χ4n) is 1.58. The zero-order valence-corrected chi connectivity index (χ0v) is 8.66. The fourth-order valence-corrected chi connectivity index (χ4v) is 1.58. The molecule has 1 aliphatic rings. The van der Waals surface area contributed by atoms with E-state index in [4.69, 9.17) is 10.5 Å². The Bertz CT molecular complexity index is 315. The summed E-state index contributed by atoms with van der Waals surface area (Å²) in [6.07, 6.45) is 0. The number of hydrogen-bond acceptors (Lipinski definition) is 3. The van der Waals surface area contributed by atoms with Crippen LogP contribution in [0.15, 0.2) is 24.3 Å². The van der Waals surface area contributed by atoms with Crippen molar-refractivity contribution in [1.29, 1.82) is 0 Å². The van der Waals surface area contributed by atoms with Crippen molar-refractivity contribution in [3.8, 4) is 0 Å². The zero-order valence-electron chi connectivity index (χ0n) is 8.66. The summed E-state index contributed by atoms with van der Waals surface area (Å²) in [4.78, 5) is 2.07. The smallest absolute Gasteiger partial charge is 0.0883 e. The van der Waals surface area contributed by atoms with E-state index in [1.54, 1.807) is 0 Å². The second-order valence-electron chi connectivity index (χ2n) is 4.09. The Balaban J connectivity index is 2.21. The lowest BCUT2D eigenvalue weighted by Gasteiger charge is -2.38. The van der Waals surface area contributed by atoms with Crippen LogP contribution in [-0.2, 0) is 10.3 Å². The maximum absolute atomic E-state index is 6.11. The SMILES string of the molecule is CN(C)c1ccc(C2(N)COC2)cc1. The quantitative estimate of drug-likeness (QED) is 0.757. The Hall–Kier alpha value is -1.06. The predicted molar refractivity (Wildman–Crippen MR) is 57.5 cm³/mol. The lowest BCUT2D eigenvalue weighted by atomic mass is 9.89. The highest BCUT2D eigenvalue weighted by Gasteiger charge is 2.35. The van der Waals surface area contributed by atoms with Gasteiger partial charge in [-0.2, -0.15) is 0 Å². The molecule has 0 aromatic heterocycles. The largest absolute Gasteiger partial charge is 0.378 e. The lowest BCUT2D eigenvalue weighted by molar-refractivity contribution is -0.0569. The molecule has 2 N–H and O–H groups in total. The van der Waals surface area contributed by atoms with Gasteiger partial charge in [0.25, 0.3) is 0 Å². The van der Waals surface area contributed by atoms with E-state index in [1.807, 2.05) is 14.1 Å². The average molecular weight is 192 g/mol. The monoisotopic (exact) mass is 192 g/mol. The summed E-state index contributed by atoms with van der Waals surface area (Å²) < 4.78 is 5.13. The molecular weight excluding hydrogens is 176 g/mol. The van der Waals surface area contributed by atoms with E-state index in [9.17, 15) is 0 Å². The lowest BCUT2D eigenvalue weighted by Crippen LogP contribution is -2.54. The summed E-state index contributed by atoms with van der Waals surface area (Å²) in [6.45, 7) is 1.27. The molecule has 1 saturated heterocycles. The molecule has 1 heterocycles. The molecule has 0 amide bonds. The minimum absolute atomic E-state index is 0.245. The van der Waals surface area contributed by atoms with Crippen LogP contribution in [0.25, 0.3) is 0 Å². The van der Waals surface area contributed by atoms with E-state index >= 15 is 0 Å². The zero-order chi connectivity index (χ0) is 10.2. The van der Waals surface area contributed by atoms with Crippen LogP contribution in [0.3, 0.4) is 0 Å². The number of hydrogen-bond donors (Lipinski definition) is 1. The maximum Gasteiger partial charge on any atom is 0.0883 e. The molecule has 0 bridgehead atoms. The maximum atomic E-state index is 6.11. The van der Waals surface area contributed by atoms with Crippen molar-refractivity contribution in [1.82, 2.24) is 0 Å². The van der Waals surface area contributed by atoms with Crippen molar-refractivity contribution in [3.05, 3.63) is 29.8 Å². The molecule has 14 heavy (non-hydrogen) atoms. The van der Waals surface area contributed by atoms with Crippen molar-refractivity contribution in [2.24, 2.45) is 5.73 Å². The second kappa shape index (κ2) is 3.26. The van der Waals surface area contributed by atoms with Gasteiger partial charge in [-0.1, -0.05) is 12.1 Å². The Morgan fingerprint density at radius 3 is 2.14 bits per heavy atom. The summed E-state index contributed by atoms with van der Waals surface area (Å²) in [5.74, 6) is 0. The molecule has 1 aromatic rings. The molecule has 3 heteroatoms. The third-order valence-corrected chi connectivity index (χ3v) is 2.68. The third-order valence-electron chi connectivity index (χ3n) is 2.68. The van der Waals surface area contributed by atoms with Crippen LogP contribution >= 0.6 is 0 Å². The van der Waals surface area contributed by atoms with Gasteiger partial charge in [0.15, 0.2) is 0 Å². The van der Waals surface area contributed by atoms with Gasteiger partial charge in [0.05, 0.1) is 18.8 Å². The van der Waals surface area contributed by atoms with Crippen LogP contribution in [0.1, 0.15) is 5.56 Å². The van der Waals surface area contributed by atoms with E-state index in [1.165, 1.54) is 5.69 Å². The van der Waals surface area contributed by atoms with Crippen LogP contribution < -0.4 is 10.6 Å². The molecule has 76 valence electrons. The molecule has 1 fully saturated rings. The molecule has 3 nitrogen and oxygen atoms in total. The first-order valence-corrected chi connectivity index (χ1v) is 4.76. The number of ether oxygens (including phenoxy) is 1. The molecule has 0 atom stereocenters. The van der Waals surface area contributed by atoms with Crippen molar-refractivity contribution in [2.45, 2.75) is 5.54 Å². The Morgan fingerprint density at radius 1 is 1.21 bits per heavy atom. The molecule has 0 radical (unpaired) electrons. The summed E-state index contributed by atoms with van der Waals surface area (Å²) in [5, 5.41) is 0. The molecule has 2 rings (SSSR count). The van der Waals surface area contributed by atoms with Crippen LogP contribution in [0.4, 0.5) is 5.69 Å². The molecule has 0 aliphatic carbocycles. The minimum Gasteiger partial charge on any atom is -0.378 e. The van der Waals surface area contributed by atoms with Crippen LogP contribution in [0, 0.1) is 0 Å². The molecular formula is C11H16N2O. The number of nitrogens with zero attached hydrogens (tertiary/aromatic N) is 1. The van der Waals surface area contributed by atoms with Crippen LogP contribution in [0.5, 0.6) is 0 Å². The number of benzene rings is 1. The first kappa shape index (κ1) is 9.49. The second-order valence-corrected chi connectivity index (χ2v) is 4.09. The van der Waals surface area contributed by atoms with Gasteiger partial charge in [-0.25, -0.2) is 0 Å². The number of anilines is 1. The van der Waals surface area contributed by atoms with E-state index in [2.05, 4.69) is 29.2 Å². The third kappa shape index (κ3) is 1.49. The summed E-state index contributed by atoms with van der Waals surface area (Å²) >= 11 is 0. The number of nitrogens with two attached hydrogens (primary N) is 1. The van der Waals surface area contributed by atoms with Crippen LogP contribution in [-0.4, -0.2) is 27.3 Å². The number of rotatable bonds is 2. The first-order chi connectivity index (χ1) is 6.62.